The third kappa shape index (κ3) is 3.14. The molecule has 0 spiro atoms. The van der Waals surface area contributed by atoms with E-state index >= 15 is 0 Å². The van der Waals surface area contributed by atoms with Crippen LogP contribution in [-0.4, -0.2) is 46.8 Å². The first-order chi connectivity index (χ1) is 7.98. The molecule has 2 rings (SSSR count). The van der Waals surface area contributed by atoms with Gasteiger partial charge in [0, 0.05) is 13.1 Å². The van der Waals surface area contributed by atoms with E-state index in [-0.39, 0.29) is 5.54 Å². The zero-order chi connectivity index (χ0) is 12.5. The van der Waals surface area contributed by atoms with Crippen molar-refractivity contribution in [2.45, 2.75) is 19.4 Å². The lowest BCUT2D eigenvalue weighted by atomic mass is 10.0. The molecule has 17 heavy (non-hydrogen) atoms. The highest BCUT2D eigenvalue weighted by Crippen LogP contribution is 2.15. The summed E-state index contributed by atoms with van der Waals surface area (Å²) in [5.74, 6) is 0. The summed E-state index contributed by atoms with van der Waals surface area (Å²) in [6, 6.07) is 0. The van der Waals surface area contributed by atoms with Crippen LogP contribution in [0.2, 0.25) is 0 Å². The molecule has 0 aromatic rings. The number of nitrogens with zero attached hydrogens (tertiary/aromatic N) is 1. The number of thiocarbonyl (C=S) groups is 2. The first-order valence-electron chi connectivity index (χ1n) is 5.67. The Hall–Kier alpha value is -0.720. The zero-order valence-electron chi connectivity index (χ0n) is 10.1. The van der Waals surface area contributed by atoms with Gasteiger partial charge in [0.1, 0.15) is 4.99 Å². The van der Waals surface area contributed by atoms with Gasteiger partial charge < -0.3 is 20.3 Å². The van der Waals surface area contributed by atoms with Gasteiger partial charge in [-0.1, -0.05) is 12.2 Å². The van der Waals surface area contributed by atoms with Gasteiger partial charge in [0.05, 0.1) is 24.4 Å². The summed E-state index contributed by atoms with van der Waals surface area (Å²) in [4.78, 5) is 2.98. The fraction of sp³-hybridized carbons (Fsp3) is 0.636. The maximum absolute atomic E-state index is 5.50. The fourth-order valence-electron chi connectivity index (χ4n) is 1.93. The minimum Gasteiger partial charge on any atom is -0.378 e. The second-order valence-electron chi connectivity index (χ2n) is 4.76. The summed E-state index contributed by atoms with van der Waals surface area (Å²) in [5, 5.41) is 6.94. The van der Waals surface area contributed by atoms with Crippen molar-refractivity contribution in [1.82, 2.24) is 15.5 Å². The number of hydrogen-bond donors (Lipinski definition) is 2. The molecule has 0 aromatic heterocycles. The van der Waals surface area contributed by atoms with E-state index in [0.717, 1.165) is 37.0 Å². The molecule has 0 aliphatic carbocycles. The highest BCUT2D eigenvalue weighted by atomic mass is 32.1. The van der Waals surface area contributed by atoms with Crippen molar-refractivity contribution in [1.29, 1.82) is 0 Å². The van der Waals surface area contributed by atoms with Crippen molar-refractivity contribution < 1.29 is 4.74 Å². The van der Waals surface area contributed by atoms with Crippen molar-refractivity contribution in [2.75, 3.05) is 26.3 Å². The summed E-state index contributed by atoms with van der Waals surface area (Å²) >= 11 is 10.7. The monoisotopic (exact) mass is 271 g/mol. The van der Waals surface area contributed by atoms with Crippen LogP contribution in [0.1, 0.15) is 13.8 Å². The SMILES string of the molecule is CC1(C)C=C(C(=S)N2CCOCC2)NC(=S)N1. The molecule has 2 aliphatic rings. The predicted molar refractivity (Wildman–Crippen MR) is 76.0 cm³/mol. The molecule has 0 bridgehead atoms. The Bertz CT molecular complexity index is 373. The van der Waals surface area contributed by atoms with E-state index < -0.39 is 0 Å². The van der Waals surface area contributed by atoms with Crippen molar-refractivity contribution in [3.63, 3.8) is 0 Å². The molecule has 6 heteroatoms. The number of nitrogens with one attached hydrogen (secondary N) is 2. The average Bonchev–Trinajstić information content (AvgIpc) is 2.26. The Morgan fingerprint density at radius 2 is 2.06 bits per heavy atom. The highest BCUT2D eigenvalue weighted by Gasteiger charge is 2.26. The number of morpholine rings is 1. The number of hydrogen-bond acceptors (Lipinski definition) is 3. The van der Waals surface area contributed by atoms with E-state index in [1.165, 1.54) is 0 Å². The molecular weight excluding hydrogens is 254 g/mol. The predicted octanol–water partition coefficient (Wildman–Crippen LogP) is 0.786. The molecule has 1 saturated heterocycles. The minimum absolute atomic E-state index is 0.159. The summed E-state index contributed by atoms with van der Waals surface area (Å²) in [5.41, 5.74) is 0.768. The van der Waals surface area contributed by atoms with Crippen LogP contribution in [0, 0.1) is 0 Å². The van der Waals surface area contributed by atoms with Gasteiger partial charge >= 0.3 is 0 Å². The van der Waals surface area contributed by atoms with E-state index in [9.17, 15) is 0 Å². The summed E-state index contributed by atoms with van der Waals surface area (Å²) in [6.07, 6.45) is 2.08. The molecule has 0 unspecified atom stereocenters. The second kappa shape index (κ2) is 4.88. The molecule has 2 N–H and O–H groups in total. The molecule has 0 aromatic carbocycles. The maximum atomic E-state index is 5.50. The normalized spacial score (nSPS) is 23.5. The number of rotatable bonds is 1. The molecule has 94 valence electrons. The van der Waals surface area contributed by atoms with Gasteiger partial charge in [-0.05, 0) is 32.1 Å². The molecule has 1 fully saturated rings. The van der Waals surface area contributed by atoms with Crippen LogP contribution < -0.4 is 10.6 Å². The first kappa shape index (κ1) is 12.7. The van der Waals surface area contributed by atoms with E-state index in [2.05, 4.69) is 35.5 Å². The van der Waals surface area contributed by atoms with Gasteiger partial charge in [-0.3, -0.25) is 0 Å². The van der Waals surface area contributed by atoms with Crippen molar-refractivity contribution >= 4 is 34.5 Å². The lowest BCUT2D eigenvalue weighted by Crippen LogP contribution is -2.54. The first-order valence-corrected chi connectivity index (χ1v) is 6.49. The molecule has 0 saturated carbocycles. The van der Waals surface area contributed by atoms with Gasteiger partial charge in [0.25, 0.3) is 0 Å². The van der Waals surface area contributed by atoms with Gasteiger partial charge in [-0.2, -0.15) is 0 Å². The quantitative estimate of drug-likeness (QED) is 0.687. The molecule has 2 heterocycles. The van der Waals surface area contributed by atoms with Crippen LogP contribution in [0.25, 0.3) is 0 Å². The molecule has 0 amide bonds. The van der Waals surface area contributed by atoms with Crippen molar-refractivity contribution in [2.24, 2.45) is 0 Å². The summed E-state index contributed by atoms with van der Waals surface area (Å²) < 4.78 is 5.32. The highest BCUT2D eigenvalue weighted by molar-refractivity contribution is 7.81. The second-order valence-corrected chi connectivity index (χ2v) is 5.56. The molecule has 0 atom stereocenters. The Labute approximate surface area is 112 Å². The lowest BCUT2D eigenvalue weighted by Gasteiger charge is -2.35. The molecule has 0 radical (unpaired) electrons. The zero-order valence-corrected chi connectivity index (χ0v) is 11.7. The largest absolute Gasteiger partial charge is 0.378 e. The standard InChI is InChI=1S/C11H17N3OS2/c1-11(2)7-8(12-10(17)13-11)9(16)14-3-5-15-6-4-14/h7H,3-6H2,1-2H3,(H2,12,13,17). The van der Waals surface area contributed by atoms with Crippen LogP contribution in [0.5, 0.6) is 0 Å². The fourth-order valence-corrected chi connectivity index (χ4v) is 2.60. The Kier molecular flexibility index (Phi) is 3.65. The van der Waals surface area contributed by atoms with Gasteiger partial charge in [0.2, 0.25) is 0 Å². The molecular formula is C11H17N3OS2. The van der Waals surface area contributed by atoms with Crippen LogP contribution in [0.3, 0.4) is 0 Å². The van der Waals surface area contributed by atoms with Crippen LogP contribution in [-0.2, 0) is 4.74 Å². The number of ether oxygens (including phenoxy) is 1. The maximum Gasteiger partial charge on any atom is 0.171 e. The van der Waals surface area contributed by atoms with Crippen LogP contribution >= 0.6 is 24.4 Å². The summed E-state index contributed by atoms with van der Waals surface area (Å²) in [7, 11) is 0. The van der Waals surface area contributed by atoms with E-state index in [1.54, 1.807) is 0 Å². The molecule has 4 nitrogen and oxygen atoms in total. The third-order valence-corrected chi connectivity index (χ3v) is 3.40. The average molecular weight is 271 g/mol. The Morgan fingerprint density at radius 1 is 1.41 bits per heavy atom. The lowest BCUT2D eigenvalue weighted by molar-refractivity contribution is 0.0691. The Morgan fingerprint density at radius 3 is 2.65 bits per heavy atom. The van der Waals surface area contributed by atoms with Crippen LogP contribution in [0.15, 0.2) is 11.8 Å². The van der Waals surface area contributed by atoms with Gasteiger partial charge in [-0.25, -0.2) is 0 Å². The minimum atomic E-state index is -0.159. The van der Waals surface area contributed by atoms with Crippen LogP contribution in [0.4, 0.5) is 0 Å². The molecule has 2 aliphatic heterocycles. The van der Waals surface area contributed by atoms with Crippen molar-refractivity contribution in [3.05, 3.63) is 11.8 Å². The van der Waals surface area contributed by atoms with E-state index in [4.69, 9.17) is 29.2 Å². The van der Waals surface area contributed by atoms with E-state index in [1.807, 2.05) is 0 Å². The Balaban J connectivity index is 2.12. The summed E-state index contributed by atoms with van der Waals surface area (Å²) in [6.45, 7) is 7.31. The smallest absolute Gasteiger partial charge is 0.171 e. The third-order valence-electron chi connectivity index (χ3n) is 2.72. The van der Waals surface area contributed by atoms with Gasteiger partial charge in [-0.15, -0.1) is 0 Å². The topological polar surface area (TPSA) is 36.5 Å². The van der Waals surface area contributed by atoms with E-state index in [0.29, 0.717) is 5.11 Å². The van der Waals surface area contributed by atoms with Crippen molar-refractivity contribution in [3.8, 4) is 0 Å². The van der Waals surface area contributed by atoms with Gasteiger partial charge in [0.15, 0.2) is 5.11 Å².